The number of likely N-dealkylation sites (tertiary alicyclic amines) is 1. The molecule has 0 aromatic heterocycles. The first kappa shape index (κ1) is 18.3. The van der Waals surface area contributed by atoms with E-state index in [1.807, 2.05) is 43.0 Å². The highest BCUT2D eigenvalue weighted by atomic mass is 16.7. The molecule has 0 saturated carbocycles. The number of aryl methyl sites for hydroxylation is 1. The standard InChI is InChI=1S/C22H24N2O4/c1-14-4-3-5-18(15(14)2)22(26)24-10-8-16(9-11-24)21(25)23-17-6-7-19-20(12-17)28-13-27-19/h3-7,12,16H,8-11,13H2,1-2H3,(H,23,25). The van der Waals surface area contributed by atoms with E-state index in [0.29, 0.717) is 43.1 Å². The van der Waals surface area contributed by atoms with Crippen molar-refractivity contribution in [2.24, 2.45) is 5.92 Å². The van der Waals surface area contributed by atoms with Crippen molar-refractivity contribution in [1.29, 1.82) is 0 Å². The molecular formula is C22H24N2O4. The third-order valence-corrected chi connectivity index (χ3v) is 5.63. The zero-order valence-electron chi connectivity index (χ0n) is 16.2. The molecule has 0 atom stereocenters. The van der Waals surface area contributed by atoms with Crippen LogP contribution in [0.5, 0.6) is 11.5 Å². The molecule has 2 heterocycles. The van der Waals surface area contributed by atoms with E-state index in [2.05, 4.69) is 5.32 Å². The maximum Gasteiger partial charge on any atom is 0.254 e. The van der Waals surface area contributed by atoms with Gasteiger partial charge in [0.1, 0.15) is 0 Å². The largest absolute Gasteiger partial charge is 0.454 e. The van der Waals surface area contributed by atoms with Gasteiger partial charge in [-0.25, -0.2) is 0 Å². The summed E-state index contributed by atoms with van der Waals surface area (Å²) in [7, 11) is 0. The smallest absolute Gasteiger partial charge is 0.254 e. The molecule has 1 fully saturated rings. The molecule has 0 spiro atoms. The number of fused-ring (bicyclic) bond motifs is 1. The van der Waals surface area contributed by atoms with Crippen molar-refractivity contribution in [3.8, 4) is 11.5 Å². The van der Waals surface area contributed by atoms with E-state index in [4.69, 9.17) is 9.47 Å². The maximum atomic E-state index is 12.8. The molecular weight excluding hydrogens is 356 g/mol. The summed E-state index contributed by atoms with van der Waals surface area (Å²) in [6.45, 7) is 5.38. The highest BCUT2D eigenvalue weighted by Gasteiger charge is 2.28. The predicted molar refractivity (Wildman–Crippen MR) is 106 cm³/mol. The molecule has 2 aliphatic heterocycles. The van der Waals surface area contributed by atoms with Gasteiger partial charge in [0.2, 0.25) is 12.7 Å². The molecule has 28 heavy (non-hydrogen) atoms. The van der Waals surface area contributed by atoms with Crippen LogP contribution in [0.4, 0.5) is 5.69 Å². The highest BCUT2D eigenvalue weighted by Crippen LogP contribution is 2.34. The Morgan fingerprint density at radius 3 is 2.57 bits per heavy atom. The van der Waals surface area contributed by atoms with Crippen molar-refractivity contribution < 1.29 is 19.1 Å². The van der Waals surface area contributed by atoms with Gasteiger partial charge in [-0.1, -0.05) is 12.1 Å². The molecule has 2 aromatic rings. The minimum Gasteiger partial charge on any atom is -0.454 e. The third-order valence-electron chi connectivity index (χ3n) is 5.63. The summed E-state index contributed by atoms with van der Waals surface area (Å²) < 4.78 is 10.6. The zero-order valence-corrected chi connectivity index (χ0v) is 16.2. The van der Waals surface area contributed by atoms with Gasteiger partial charge in [-0.05, 0) is 56.0 Å². The molecule has 6 nitrogen and oxygen atoms in total. The number of amides is 2. The van der Waals surface area contributed by atoms with Crippen LogP contribution in [0, 0.1) is 19.8 Å². The molecule has 146 valence electrons. The van der Waals surface area contributed by atoms with Crippen LogP contribution in [0.15, 0.2) is 36.4 Å². The minimum absolute atomic E-state index is 0.0160. The molecule has 2 aromatic carbocycles. The summed E-state index contributed by atoms with van der Waals surface area (Å²) in [4.78, 5) is 27.3. The summed E-state index contributed by atoms with van der Waals surface area (Å²) in [6, 6.07) is 11.2. The number of rotatable bonds is 3. The van der Waals surface area contributed by atoms with Gasteiger partial charge < -0.3 is 19.7 Å². The van der Waals surface area contributed by atoms with E-state index in [9.17, 15) is 9.59 Å². The molecule has 4 rings (SSSR count). The van der Waals surface area contributed by atoms with Crippen LogP contribution in [0.1, 0.15) is 34.3 Å². The number of nitrogens with one attached hydrogen (secondary N) is 1. The Balaban J connectivity index is 1.35. The van der Waals surface area contributed by atoms with Crippen LogP contribution < -0.4 is 14.8 Å². The lowest BCUT2D eigenvalue weighted by atomic mass is 9.94. The molecule has 1 saturated heterocycles. The fraction of sp³-hybridized carbons (Fsp3) is 0.364. The minimum atomic E-state index is -0.104. The topological polar surface area (TPSA) is 67.9 Å². The number of carbonyl (C=O) groups is 2. The van der Waals surface area contributed by atoms with E-state index in [-0.39, 0.29) is 24.5 Å². The molecule has 6 heteroatoms. The van der Waals surface area contributed by atoms with Crippen molar-refractivity contribution >= 4 is 17.5 Å². The van der Waals surface area contributed by atoms with Crippen LogP contribution in [0.3, 0.4) is 0 Å². The summed E-state index contributed by atoms with van der Waals surface area (Å²) in [5.74, 6) is 1.27. The monoisotopic (exact) mass is 380 g/mol. The van der Waals surface area contributed by atoms with Crippen molar-refractivity contribution in [2.75, 3.05) is 25.2 Å². The van der Waals surface area contributed by atoms with Gasteiger partial charge in [0.25, 0.3) is 5.91 Å². The van der Waals surface area contributed by atoms with Gasteiger partial charge in [0, 0.05) is 36.3 Å². The van der Waals surface area contributed by atoms with Crippen molar-refractivity contribution in [3.05, 3.63) is 53.1 Å². The van der Waals surface area contributed by atoms with Gasteiger partial charge >= 0.3 is 0 Å². The lowest BCUT2D eigenvalue weighted by Gasteiger charge is -2.32. The van der Waals surface area contributed by atoms with Gasteiger partial charge in [0.05, 0.1) is 0 Å². The number of nitrogens with zero attached hydrogens (tertiary/aromatic N) is 1. The molecule has 0 aliphatic carbocycles. The Morgan fingerprint density at radius 1 is 1.04 bits per heavy atom. The van der Waals surface area contributed by atoms with E-state index in [1.54, 1.807) is 12.1 Å². The van der Waals surface area contributed by atoms with E-state index in [0.717, 1.165) is 16.7 Å². The second-order valence-electron chi connectivity index (χ2n) is 7.37. The zero-order chi connectivity index (χ0) is 19.7. The van der Waals surface area contributed by atoms with Gasteiger partial charge in [0.15, 0.2) is 11.5 Å². The van der Waals surface area contributed by atoms with E-state index in [1.165, 1.54) is 0 Å². The first-order valence-corrected chi connectivity index (χ1v) is 9.59. The Labute approximate surface area is 164 Å². The lowest BCUT2D eigenvalue weighted by molar-refractivity contribution is -0.121. The number of hydrogen-bond donors (Lipinski definition) is 1. The Hall–Kier alpha value is -3.02. The molecule has 2 aliphatic rings. The SMILES string of the molecule is Cc1cccc(C(=O)N2CCC(C(=O)Nc3ccc4c(c3)OCO4)CC2)c1C. The number of carbonyl (C=O) groups excluding carboxylic acids is 2. The van der Waals surface area contributed by atoms with Crippen molar-refractivity contribution in [3.63, 3.8) is 0 Å². The molecule has 2 amide bonds. The van der Waals surface area contributed by atoms with Crippen molar-refractivity contribution in [1.82, 2.24) is 4.90 Å². The third kappa shape index (κ3) is 3.54. The number of ether oxygens (including phenoxy) is 2. The Bertz CT molecular complexity index is 917. The maximum absolute atomic E-state index is 12.8. The van der Waals surface area contributed by atoms with E-state index < -0.39 is 0 Å². The second kappa shape index (κ2) is 7.54. The fourth-order valence-electron chi connectivity index (χ4n) is 3.72. The number of anilines is 1. The van der Waals surface area contributed by atoms with Gasteiger partial charge in [-0.15, -0.1) is 0 Å². The highest BCUT2D eigenvalue weighted by molar-refractivity contribution is 5.96. The first-order chi connectivity index (χ1) is 13.5. The number of piperidine rings is 1. The number of benzene rings is 2. The van der Waals surface area contributed by atoms with Crippen LogP contribution in [-0.4, -0.2) is 36.6 Å². The number of hydrogen-bond acceptors (Lipinski definition) is 4. The van der Waals surface area contributed by atoms with Crippen LogP contribution in [0.25, 0.3) is 0 Å². The summed E-state index contributed by atoms with van der Waals surface area (Å²) in [5.41, 5.74) is 3.59. The molecule has 0 radical (unpaired) electrons. The quantitative estimate of drug-likeness (QED) is 0.885. The average Bonchev–Trinajstić information content (AvgIpc) is 3.17. The first-order valence-electron chi connectivity index (χ1n) is 9.59. The average molecular weight is 380 g/mol. The second-order valence-corrected chi connectivity index (χ2v) is 7.37. The van der Waals surface area contributed by atoms with Crippen molar-refractivity contribution in [2.45, 2.75) is 26.7 Å². The molecule has 0 bridgehead atoms. The molecule has 0 unspecified atom stereocenters. The van der Waals surface area contributed by atoms with Gasteiger partial charge in [-0.3, -0.25) is 9.59 Å². The van der Waals surface area contributed by atoms with Crippen LogP contribution in [0.2, 0.25) is 0 Å². The normalized spacial score (nSPS) is 16.1. The Morgan fingerprint density at radius 2 is 1.79 bits per heavy atom. The summed E-state index contributed by atoms with van der Waals surface area (Å²) in [5, 5.41) is 2.96. The van der Waals surface area contributed by atoms with Gasteiger partial charge in [-0.2, -0.15) is 0 Å². The van der Waals surface area contributed by atoms with Crippen LogP contribution in [-0.2, 0) is 4.79 Å². The Kier molecular flexibility index (Phi) is 4.94. The fourth-order valence-corrected chi connectivity index (χ4v) is 3.72. The summed E-state index contributed by atoms with van der Waals surface area (Å²) in [6.07, 6.45) is 1.32. The summed E-state index contributed by atoms with van der Waals surface area (Å²) >= 11 is 0. The molecule has 1 N–H and O–H groups in total. The van der Waals surface area contributed by atoms with Crippen LogP contribution >= 0.6 is 0 Å². The predicted octanol–water partition coefficient (Wildman–Crippen LogP) is 3.52. The lowest BCUT2D eigenvalue weighted by Crippen LogP contribution is -2.41. The van der Waals surface area contributed by atoms with E-state index >= 15 is 0 Å².